The molecule has 0 aliphatic carbocycles. The smallest absolute Gasteiger partial charge is 0.296 e. The van der Waals surface area contributed by atoms with Crippen molar-refractivity contribution in [1.82, 2.24) is 24.5 Å². The van der Waals surface area contributed by atoms with Crippen LogP contribution in [0.3, 0.4) is 0 Å². The highest BCUT2D eigenvalue weighted by Crippen LogP contribution is 2.40. The van der Waals surface area contributed by atoms with E-state index in [2.05, 4.69) is 26.6 Å². The van der Waals surface area contributed by atoms with Gasteiger partial charge in [-0.1, -0.05) is 30.3 Å². The van der Waals surface area contributed by atoms with Crippen molar-refractivity contribution in [1.29, 1.82) is 5.26 Å². The first-order chi connectivity index (χ1) is 16.7. The van der Waals surface area contributed by atoms with Crippen LogP contribution in [0, 0.1) is 18.3 Å². The van der Waals surface area contributed by atoms with Gasteiger partial charge in [0.15, 0.2) is 5.69 Å². The quantitative estimate of drug-likeness (QED) is 0.433. The fourth-order valence-corrected chi connectivity index (χ4v) is 4.31. The summed E-state index contributed by atoms with van der Waals surface area (Å²) < 4.78 is 7.64. The average Bonchev–Trinajstić information content (AvgIpc) is 3.48. The molecule has 0 saturated carbocycles. The van der Waals surface area contributed by atoms with Gasteiger partial charge in [0.2, 0.25) is 5.75 Å². The van der Waals surface area contributed by atoms with Gasteiger partial charge in [0, 0.05) is 31.6 Å². The number of nitriles is 1. The molecule has 11 nitrogen and oxygen atoms in total. The summed E-state index contributed by atoms with van der Waals surface area (Å²) in [6, 6.07) is 9.43. The van der Waals surface area contributed by atoms with E-state index in [-0.39, 0.29) is 11.5 Å². The number of carbonyl (C=O) groups is 1. The van der Waals surface area contributed by atoms with Crippen molar-refractivity contribution in [3.63, 3.8) is 0 Å². The number of aromatic nitrogens is 5. The van der Waals surface area contributed by atoms with E-state index in [9.17, 15) is 20.0 Å². The SMILES string of the molecule is Cc1cnn(C)c1[C@H](c1ccccc1C#N)[C@H](C)c1nc(C(=O)Nc2cnoc2)c(O)c(=O)n1C. The molecule has 0 saturated heterocycles. The first-order valence-corrected chi connectivity index (χ1v) is 10.7. The number of nitrogens with zero attached hydrogens (tertiary/aromatic N) is 6. The van der Waals surface area contributed by atoms with Crippen LogP contribution in [0.4, 0.5) is 5.69 Å². The van der Waals surface area contributed by atoms with Crippen molar-refractivity contribution < 1.29 is 14.4 Å². The third-order valence-corrected chi connectivity index (χ3v) is 6.00. The molecule has 0 unspecified atom stereocenters. The summed E-state index contributed by atoms with van der Waals surface area (Å²) in [6.45, 7) is 3.77. The van der Waals surface area contributed by atoms with Crippen LogP contribution in [0.5, 0.6) is 5.75 Å². The molecule has 35 heavy (non-hydrogen) atoms. The first kappa shape index (κ1) is 23.4. The van der Waals surface area contributed by atoms with Crippen molar-refractivity contribution in [2.45, 2.75) is 25.7 Å². The second kappa shape index (κ2) is 9.26. The molecule has 3 aromatic heterocycles. The van der Waals surface area contributed by atoms with E-state index in [1.165, 1.54) is 24.1 Å². The molecule has 4 aromatic rings. The number of aryl methyl sites for hydroxylation is 2. The number of nitrogens with one attached hydrogen (secondary N) is 1. The van der Waals surface area contributed by atoms with E-state index in [0.717, 1.165) is 16.8 Å². The van der Waals surface area contributed by atoms with Gasteiger partial charge in [-0.2, -0.15) is 10.4 Å². The monoisotopic (exact) mass is 473 g/mol. The van der Waals surface area contributed by atoms with E-state index < -0.39 is 34.7 Å². The second-order valence-electron chi connectivity index (χ2n) is 8.20. The van der Waals surface area contributed by atoms with Crippen molar-refractivity contribution in [2.75, 3.05) is 5.32 Å². The highest BCUT2D eigenvalue weighted by atomic mass is 16.5. The maximum absolute atomic E-state index is 12.9. The summed E-state index contributed by atoms with van der Waals surface area (Å²) in [6.07, 6.45) is 4.21. The molecule has 0 radical (unpaired) electrons. The van der Waals surface area contributed by atoms with Crippen molar-refractivity contribution in [2.24, 2.45) is 14.1 Å². The summed E-state index contributed by atoms with van der Waals surface area (Å²) in [5, 5.41) is 30.6. The van der Waals surface area contributed by atoms with Crippen LogP contribution in [-0.4, -0.2) is 35.5 Å². The first-order valence-electron chi connectivity index (χ1n) is 10.7. The Morgan fingerprint density at radius 1 is 1.26 bits per heavy atom. The van der Waals surface area contributed by atoms with E-state index in [1.54, 1.807) is 30.1 Å². The predicted molar refractivity (Wildman–Crippen MR) is 125 cm³/mol. The maximum atomic E-state index is 12.9. The van der Waals surface area contributed by atoms with Gasteiger partial charge >= 0.3 is 0 Å². The maximum Gasteiger partial charge on any atom is 0.296 e. The van der Waals surface area contributed by atoms with Crippen molar-refractivity contribution >= 4 is 11.6 Å². The van der Waals surface area contributed by atoms with Gasteiger partial charge in [-0.25, -0.2) is 4.98 Å². The fourth-order valence-electron chi connectivity index (χ4n) is 4.31. The highest BCUT2D eigenvalue weighted by molar-refractivity contribution is 6.04. The lowest BCUT2D eigenvalue weighted by molar-refractivity contribution is 0.101. The minimum atomic E-state index is -0.789. The van der Waals surface area contributed by atoms with Crippen LogP contribution < -0.4 is 10.9 Å². The van der Waals surface area contributed by atoms with Crippen molar-refractivity contribution in [3.8, 4) is 11.8 Å². The molecule has 178 valence electrons. The van der Waals surface area contributed by atoms with Crippen LogP contribution >= 0.6 is 0 Å². The summed E-state index contributed by atoms with van der Waals surface area (Å²) in [4.78, 5) is 30.2. The van der Waals surface area contributed by atoms with E-state index in [0.29, 0.717) is 5.56 Å². The summed E-state index contributed by atoms with van der Waals surface area (Å²) in [5.74, 6) is -2.25. The van der Waals surface area contributed by atoms with E-state index in [1.807, 2.05) is 26.0 Å². The third kappa shape index (κ3) is 4.17. The number of amides is 1. The van der Waals surface area contributed by atoms with Gasteiger partial charge in [-0.3, -0.25) is 18.8 Å². The Bertz CT molecular complexity index is 1480. The Balaban J connectivity index is 1.90. The number of hydrogen-bond donors (Lipinski definition) is 2. The Morgan fingerprint density at radius 2 is 2.00 bits per heavy atom. The van der Waals surface area contributed by atoms with Gasteiger partial charge in [-0.15, -0.1) is 0 Å². The summed E-state index contributed by atoms with van der Waals surface area (Å²) in [5.41, 5.74) is 1.98. The Hall–Kier alpha value is -4.72. The van der Waals surface area contributed by atoms with Gasteiger partial charge < -0.3 is 14.9 Å². The molecular weight excluding hydrogens is 450 g/mol. The minimum Gasteiger partial charge on any atom is -0.501 e. The van der Waals surface area contributed by atoms with Gasteiger partial charge in [0.1, 0.15) is 17.8 Å². The molecule has 0 spiro atoms. The highest BCUT2D eigenvalue weighted by Gasteiger charge is 2.33. The molecule has 3 heterocycles. The zero-order chi connectivity index (χ0) is 25.3. The number of carbonyl (C=O) groups excluding carboxylic acids is 1. The number of rotatable bonds is 6. The molecule has 11 heteroatoms. The molecule has 1 aromatic carbocycles. The lowest BCUT2D eigenvalue weighted by atomic mass is 9.80. The summed E-state index contributed by atoms with van der Waals surface area (Å²) in [7, 11) is 3.28. The van der Waals surface area contributed by atoms with Crippen LogP contribution in [-0.2, 0) is 14.1 Å². The number of benzene rings is 1. The van der Waals surface area contributed by atoms with Crippen LogP contribution in [0.15, 0.2) is 52.2 Å². The molecule has 0 bridgehead atoms. The number of hydrogen-bond acceptors (Lipinski definition) is 8. The number of anilines is 1. The summed E-state index contributed by atoms with van der Waals surface area (Å²) >= 11 is 0. The Kier molecular flexibility index (Phi) is 6.20. The zero-order valence-corrected chi connectivity index (χ0v) is 19.6. The normalized spacial score (nSPS) is 12.7. The molecule has 2 N–H and O–H groups in total. The van der Waals surface area contributed by atoms with E-state index >= 15 is 0 Å². The Morgan fingerprint density at radius 3 is 2.63 bits per heavy atom. The molecule has 1 amide bonds. The lowest BCUT2D eigenvalue weighted by Crippen LogP contribution is -2.30. The average molecular weight is 473 g/mol. The molecule has 2 atom stereocenters. The standard InChI is InChI=1S/C24H23N7O4/c1-13-10-26-31(4)20(13)18(17-8-6-5-7-15(17)9-25)14(2)22-29-19(21(32)24(34)30(22)3)23(33)28-16-11-27-35-12-16/h5-8,10-12,14,18,32H,1-4H3,(H,28,33)/t14-,18-/m0/s1. The molecular formula is C24H23N7O4. The molecule has 0 fully saturated rings. The lowest BCUT2D eigenvalue weighted by Gasteiger charge is -2.27. The molecule has 0 aliphatic rings. The predicted octanol–water partition coefficient (Wildman–Crippen LogP) is 2.58. The van der Waals surface area contributed by atoms with Gasteiger partial charge in [0.25, 0.3) is 11.5 Å². The van der Waals surface area contributed by atoms with Gasteiger partial charge in [0.05, 0.1) is 24.0 Å². The van der Waals surface area contributed by atoms with Crippen molar-refractivity contribution in [3.05, 3.63) is 87.2 Å². The van der Waals surface area contributed by atoms with Gasteiger partial charge in [-0.05, 0) is 24.1 Å². The fraction of sp³-hybridized carbons (Fsp3) is 0.250. The molecule has 4 rings (SSSR count). The van der Waals surface area contributed by atoms with Crippen LogP contribution in [0.25, 0.3) is 0 Å². The van der Waals surface area contributed by atoms with Crippen LogP contribution in [0.2, 0.25) is 0 Å². The largest absolute Gasteiger partial charge is 0.501 e. The minimum absolute atomic E-state index is 0.248. The Labute approximate surface area is 200 Å². The van der Waals surface area contributed by atoms with Crippen LogP contribution in [0.1, 0.15) is 57.5 Å². The molecule has 0 aliphatic heterocycles. The third-order valence-electron chi connectivity index (χ3n) is 6.00. The topological polar surface area (TPSA) is 152 Å². The van der Waals surface area contributed by atoms with E-state index in [4.69, 9.17) is 4.52 Å². The zero-order valence-electron chi connectivity index (χ0n) is 19.6. The number of aromatic hydroxyl groups is 1. The second-order valence-corrected chi connectivity index (χ2v) is 8.20.